The molecule has 2 rings (SSSR count). The summed E-state index contributed by atoms with van der Waals surface area (Å²) in [5.41, 5.74) is 2.08. The van der Waals surface area contributed by atoms with Crippen molar-refractivity contribution in [3.63, 3.8) is 0 Å². The van der Waals surface area contributed by atoms with Gasteiger partial charge in [0.15, 0.2) is 0 Å². The van der Waals surface area contributed by atoms with Crippen molar-refractivity contribution in [2.75, 3.05) is 5.32 Å². The predicted molar refractivity (Wildman–Crippen MR) is 73.3 cm³/mol. The summed E-state index contributed by atoms with van der Waals surface area (Å²) in [5, 5.41) is 7.96. The van der Waals surface area contributed by atoms with Gasteiger partial charge in [0.2, 0.25) is 15.9 Å². The molecule has 0 atom stereocenters. The second-order valence-corrected chi connectivity index (χ2v) is 6.73. The van der Waals surface area contributed by atoms with Crippen molar-refractivity contribution in [2.24, 2.45) is 11.1 Å². The number of primary sulfonamides is 1. The summed E-state index contributed by atoms with van der Waals surface area (Å²) in [6.07, 6.45) is 2.78. The van der Waals surface area contributed by atoms with Crippen LogP contribution >= 0.6 is 0 Å². The normalized spacial score (nSPS) is 15.3. The first-order valence-corrected chi connectivity index (χ1v) is 7.76. The first-order chi connectivity index (χ1) is 8.77. The molecular formula is C13H18N2O3S. The van der Waals surface area contributed by atoms with Crippen LogP contribution in [0.5, 0.6) is 0 Å². The average molecular weight is 282 g/mol. The van der Waals surface area contributed by atoms with E-state index >= 15 is 0 Å². The number of aryl methyl sites for hydroxylation is 2. The van der Waals surface area contributed by atoms with Gasteiger partial charge in [0.05, 0.1) is 4.90 Å². The van der Waals surface area contributed by atoms with Crippen molar-refractivity contribution in [1.29, 1.82) is 0 Å². The van der Waals surface area contributed by atoms with Crippen molar-refractivity contribution in [2.45, 2.75) is 38.0 Å². The van der Waals surface area contributed by atoms with Crippen LogP contribution in [-0.4, -0.2) is 14.3 Å². The summed E-state index contributed by atoms with van der Waals surface area (Å²) >= 11 is 0. The van der Waals surface area contributed by atoms with Crippen LogP contribution in [0.4, 0.5) is 5.69 Å². The highest BCUT2D eigenvalue weighted by atomic mass is 32.2. The van der Waals surface area contributed by atoms with Gasteiger partial charge in [-0.05, 0) is 55.9 Å². The number of nitrogens with one attached hydrogen (secondary N) is 1. The Morgan fingerprint density at radius 3 is 2.26 bits per heavy atom. The standard InChI is InChI=1S/C13H18N2O3S/c1-8-5-11(19(14,17)18)6-9(2)13(8)15-12(16)7-10-3-4-10/h5-6,10H,3-4,7H2,1-2H3,(H,15,16)(H2,14,17,18). The van der Waals surface area contributed by atoms with E-state index in [-0.39, 0.29) is 10.8 Å². The Kier molecular flexibility index (Phi) is 3.64. The monoisotopic (exact) mass is 282 g/mol. The molecule has 0 aromatic heterocycles. The smallest absolute Gasteiger partial charge is 0.238 e. The van der Waals surface area contributed by atoms with Gasteiger partial charge in [0.1, 0.15) is 0 Å². The third kappa shape index (κ3) is 3.54. The zero-order valence-electron chi connectivity index (χ0n) is 11.1. The molecule has 6 heteroatoms. The van der Waals surface area contributed by atoms with Crippen molar-refractivity contribution < 1.29 is 13.2 Å². The van der Waals surface area contributed by atoms with Gasteiger partial charge in [0.25, 0.3) is 0 Å². The van der Waals surface area contributed by atoms with Crippen LogP contribution in [0.3, 0.4) is 0 Å². The largest absolute Gasteiger partial charge is 0.326 e. The minimum Gasteiger partial charge on any atom is -0.326 e. The van der Waals surface area contributed by atoms with Crippen molar-refractivity contribution >= 4 is 21.6 Å². The highest BCUT2D eigenvalue weighted by Crippen LogP contribution is 2.33. The lowest BCUT2D eigenvalue weighted by atomic mass is 10.1. The molecule has 0 radical (unpaired) electrons. The van der Waals surface area contributed by atoms with Crippen LogP contribution in [0.1, 0.15) is 30.4 Å². The zero-order chi connectivity index (χ0) is 14.2. The van der Waals surface area contributed by atoms with E-state index in [1.54, 1.807) is 13.8 Å². The molecule has 5 nitrogen and oxygen atoms in total. The van der Waals surface area contributed by atoms with Crippen LogP contribution in [0.15, 0.2) is 17.0 Å². The van der Waals surface area contributed by atoms with Crippen LogP contribution in [-0.2, 0) is 14.8 Å². The van der Waals surface area contributed by atoms with E-state index < -0.39 is 10.0 Å². The Balaban J connectivity index is 2.23. The maximum atomic E-state index is 11.8. The van der Waals surface area contributed by atoms with Crippen LogP contribution in [0.2, 0.25) is 0 Å². The van der Waals surface area contributed by atoms with Gasteiger partial charge in [-0.3, -0.25) is 4.79 Å². The van der Waals surface area contributed by atoms with E-state index in [2.05, 4.69) is 5.32 Å². The number of nitrogens with two attached hydrogens (primary N) is 1. The van der Waals surface area contributed by atoms with Crippen LogP contribution < -0.4 is 10.5 Å². The minimum atomic E-state index is -3.71. The number of anilines is 1. The summed E-state index contributed by atoms with van der Waals surface area (Å²) < 4.78 is 22.6. The molecule has 0 heterocycles. The highest BCUT2D eigenvalue weighted by molar-refractivity contribution is 7.89. The second kappa shape index (κ2) is 4.94. The van der Waals surface area contributed by atoms with Crippen molar-refractivity contribution in [3.05, 3.63) is 23.3 Å². The average Bonchev–Trinajstić information content (AvgIpc) is 3.05. The molecule has 0 aliphatic heterocycles. The molecule has 1 aliphatic carbocycles. The summed E-state index contributed by atoms with van der Waals surface area (Å²) in [6, 6.07) is 2.96. The quantitative estimate of drug-likeness (QED) is 0.880. The Morgan fingerprint density at radius 1 is 1.32 bits per heavy atom. The first kappa shape index (κ1) is 14.0. The first-order valence-electron chi connectivity index (χ1n) is 6.21. The molecule has 1 fully saturated rings. The molecule has 1 saturated carbocycles. The number of hydrogen-bond acceptors (Lipinski definition) is 3. The van der Waals surface area contributed by atoms with Crippen molar-refractivity contribution in [3.8, 4) is 0 Å². The highest BCUT2D eigenvalue weighted by Gasteiger charge is 2.25. The molecule has 104 valence electrons. The third-order valence-corrected chi connectivity index (χ3v) is 4.16. The number of carbonyl (C=O) groups is 1. The molecule has 1 aromatic rings. The van der Waals surface area contributed by atoms with Gasteiger partial charge in [0, 0.05) is 12.1 Å². The SMILES string of the molecule is Cc1cc(S(N)(=O)=O)cc(C)c1NC(=O)CC1CC1. The number of sulfonamides is 1. The molecular weight excluding hydrogens is 264 g/mol. The van der Waals surface area contributed by atoms with E-state index in [0.717, 1.165) is 12.8 Å². The van der Waals surface area contributed by atoms with Gasteiger partial charge in [-0.25, -0.2) is 13.6 Å². The number of rotatable bonds is 4. The van der Waals surface area contributed by atoms with E-state index in [0.29, 0.717) is 29.2 Å². The van der Waals surface area contributed by atoms with E-state index in [1.165, 1.54) is 12.1 Å². The summed E-state index contributed by atoms with van der Waals surface area (Å²) in [6.45, 7) is 3.52. The maximum absolute atomic E-state index is 11.8. The number of benzene rings is 1. The lowest BCUT2D eigenvalue weighted by Crippen LogP contribution is -2.16. The minimum absolute atomic E-state index is 0.0166. The molecule has 3 N–H and O–H groups in total. The Hall–Kier alpha value is -1.40. The maximum Gasteiger partial charge on any atom is 0.238 e. The number of carbonyl (C=O) groups excluding carboxylic acids is 1. The molecule has 0 spiro atoms. The van der Waals surface area contributed by atoms with Gasteiger partial charge >= 0.3 is 0 Å². The van der Waals surface area contributed by atoms with E-state index in [1.807, 2.05) is 0 Å². The second-order valence-electron chi connectivity index (χ2n) is 5.17. The zero-order valence-corrected chi connectivity index (χ0v) is 11.9. The molecule has 0 unspecified atom stereocenters. The topological polar surface area (TPSA) is 89.3 Å². The Labute approximate surface area is 113 Å². The molecule has 0 bridgehead atoms. The van der Waals surface area contributed by atoms with E-state index in [4.69, 9.17) is 5.14 Å². The Bertz CT molecular complexity index is 596. The molecule has 1 aliphatic rings. The Morgan fingerprint density at radius 2 is 1.84 bits per heavy atom. The third-order valence-electron chi connectivity index (χ3n) is 3.27. The van der Waals surface area contributed by atoms with Gasteiger partial charge < -0.3 is 5.32 Å². The summed E-state index contributed by atoms with van der Waals surface area (Å²) in [5.74, 6) is 0.501. The fourth-order valence-electron chi connectivity index (χ4n) is 2.06. The van der Waals surface area contributed by atoms with E-state index in [9.17, 15) is 13.2 Å². The van der Waals surface area contributed by atoms with Gasteiger partial charge in [-0.1, -0.05) is 0 Å². The van der Waals surface area contributed by atoms with Gasteiger partial charge in [-0.2, -0.15) is 0 Å². The molecule has 1 aromatic carbocycles. The summed E-state index contributed by atoms with van der Waals surface area (Å²) in [7, 11) is -3.71. The molecule has 19 heavy (non-hydrogen) atoms. The van der Waals surface area contributed by atoms with Crippen LogP contribution in [0.25, 0.3) is 0 Å². The lowest BCUT2D eigenvalue weighted by Gasteiger charge is -2.13. The summed E-state index contributed by atoms with van der Waals surface area (Å²) in [4.78, 5) is 11.9. The number of hydrogen-bond donors (Lipinski definition) is 2. The number of amides is 1. The molecule has 1 amide bonds. The predicted octanol–water partition coefficient (Wildman–Crippen LogP) is 1.69. The lowest BCUT2D eigenvalue weighted by molar-refractivity contribution is -0.116. The fourth-order valence-corrected chi connectivity index (χ4v) is 2.74. The van der Waals surface area contributed by atoms with Crippen molar-refractivity contribution in [1.82, 2.24) is 0 Å². The fraction of sp³-hybridized carbons (Fsp3) is 0.462. The molecule has 0 saturated heterocycles. The van der Waals surface area contributed by atoms with Crippen LogP contribution in [0, 0.1) is 19.8 Å². The van der Waals surface area contributed by atoms with Gasteiger partial charge in [-0.15, -0.1) is 0 Å².